The monoisotopic (exact) mass is 267 g/mol. The quantitative estimate of drug-likeness (QED) is 0.769. The molecule has 0 heterocycles. The fraction of sp³-hybridized carbons (Fsp3) is 0.429. The molecule has 1 aromatic carbocycles. The summed E-state index contributed by atoms with van der Waals surface area (Å²) in [4.78, 5) is 24.6. The number of benzene rings is 1. The second-order valence-electron chi connectivity index (χ2n) is 4.58. The molecule has 0 aliphatic rings. The highest BCUT2D eigenvalue weighted by Gasteiger charge is 2.15. The number of nitrogens with zero attached hydrogens (tertiary/aromatic N) is 1. The summed E-state index contributed by atoms with van der Waals surface area (Å²) in [6, 6.07) is 3.70. The summed E-state index contributed by atoms with van der Waals surface area (Å²) in [7, 11) is 1.66. The van der Waals surface area contributed by atoms with E-state index in [2.05, 4.69) is 0 Å². The van der Waals surface area contributed by atoms with E-state index in [1.54, 1.807) is 7.05 Å². The van der Waals surface area contributed by atoms with Gasteiger partial charge in [-0.3, -0.25) is 9.59 Å². The first-order chi connectivity index (χ1) is 8.82. The third-order valence-corrected chi connectivity index (χ3v) is 2.84. The number of hydrogen-bond acceptors (Lipinski definition) is 3. The van der Waals surface area contributed by atoms with Gasteiger partial charge in [0.05, 0.1) is 5.56 Å². The molecule has 4 nitrogen and oxygen atoms in total. The van der Waals surface area contributed by atoms with Gasteiger partial charge in [-0.05, 0) is 32.9 Å². The average Bonchev–Trinajstić information content (AvgIpc) is 2.34. The first kappa shape index (κ1) is 15.1. The molecule has 0 saturated carbocycles. The zero-order valence-corrected chi connectivity index (χ0v) is 11.6. The van der Waals surface area contributed by atoms with Gasteiger partial charge in [-0.1, -0.05) is 0 Å². The van der Waals surface area contributed by atoms with Crippen molar-refractivity contribution in [3.05, 3.63) is 29.6 Å². The van der Waals surface area contributed by atoms with Crippen molar-refractivity contribution in [2.24, 2.45) is 0 Å². The lowest BCUT2D eigenvalue weighted by molar-refractivity contribution is -0.133. The van der Waals surface area contributed by atoms with Gasteiger partial charge in [0.1, 0.15) is 11.6 Å². The van der Waals surface area contributed by atoms with Crippen molar-refractivity contribution in [3.8, 4) is 5.75 Å². The number of amides is 1. The van der Waals surface area contributed by atoms with E-state index >= 15 is 0 Å². The molecule has 0 bridgehead atoms. The molecule has 1 amide bonds. The largest absolute Gasteiger partial charge is 0.483 e. The van der Waals surface area contributed by atoms with Gasteiger partial charge in [0.25, 0.3) is 5.91 Å². The van der Waals surface area contributed by atoms with E-state index in [4.69, 9.17) is 4.74 Å². The Balaban J connectivity index is 2.80. The van der Waals surface area contributed by atoms with Crippen LogP contribution < -0.4 is 4.74 Å². The number of likely N-dealkylation sites (N-methyl/N-ethyl adjacent to an activating group) is 1. The number of Topliss-reactive ketones (excluding diaryl/α,β-unsaturated/α-hetero) is 1. The molecule has 1 aromatic rings. The van der Waals surface area contributed by atoms with Crippen molar-refractivity contribution < 1.29 is 18.7 Å². The number of carbonyl (C=O) groups excluding carboxylic acids is 2. The Labute approximate surface area is 112 Å². The number of halogens is 1. The van der Waals surface area contributed by atoms with Gasteiger partial charge in [-0.15, -0.1) is 0 Å². The molecule has 0 N–H and O–H groups in total. The summed E-state index contributed by atoms with van der Waals surface area (Å²) in [6.45, 7) is 4.89. The van der Waals surface area contributed by atoms with Gasteiger partial charge in [0.15, 0.2) is 12.4 Å². The molecule has 0 aliphatic heterocycles. The van der Waals surface area contributed by atoms with E-state index in [1.807, 2.05) is 13.8 Å². The maximum absolute atomic E-state index is 13.1. The normalized spacial score (nSPS) is 10.4. The number of rotatable bonds is 5. The fourth-order valence-corrected chi connectivity index (χ4v) is 1.44. The number of ether oxygens (including phenoxy) is 1. The van der Waals surface area contributed by atoms with Crippen molar-refractivity contribution in [3.63, 3.8) is 0 Å². The van der Waals surface area contributed by atoms with Crippen LogP contribution in [-0.2, 0) is 4.79 Å². The summed E-state index contributed by atoms with van der Waals surface area (Å²) in [5, 5.41) is 0. The molecule has 0 atom stereocenters. The smallest absolute Gasteiger partial charge is 0.260 e. The summed E-state index contributed by atoms with van der Waals surface area (Å²) >= 11 is 0. The van der Waals surface area contributed by atoms with Gasteiger partial charge in [-0.2, -0.15) is 0 Å². The van der Waals surface area contributed by atoms with Crippen LogP contribution in [0.4, 0.5) is 4.39 Å². The van der Waals surface area contributed by atoms with E-state index in [9.17, 15) is 14.0 Å². The highest BCUT2D eigenvalue weighted by molar-refractivity contribution is 5.96. The van der Waals surface area contributed by atoms with Crippen LogP contribution in [0.15, 0.2) is 18.2 Å². The Morgan fingerprint density at radius 3 is 2.53 bits per heavy atom. The minimum absolute atomic E-state index is 0.0517. The Kier molecular flexibility index (Phi) is 5.03. The highest BCUT2D eigenvalue weighted by atomic mass is 19.1. The molecular formula is C14H18FNO3. The van der Waals surface area contributed by atoms with Gasteiger partial charge < -0.3 is 9.64 Å². The zero-order chi connectivity index (χ0) is 14.6. The van der Waals surface area contributed by atoms with Crippen LogP contribution >= 0.6 is 0 Å². The van der Waals surface area contributed by atoms with Gasteiger partial charge in [0.2, 0.25) is 0 Å². The number of carbonyl (C=O) groups is 2. The molecule has 1 rings (SSSR count). The van der Waals surface area contributed by atoms with Gasteiger partial charge >= 0.3 is 0 Å². The lowest BCUT2D eigenvalue weighted by Crippen LogP contribution is -2.36. The predicted molar refractivity (Wildman–Crippen MR) is 69.8 cm³/mol. The maximum atomic E-state index is 13.1. The average molecular weight is 267 g/mol. The van der Waals surface area contributed by atoms with Gasteiger partial charge in [0, 0.05) is 19.2 Å². The van der Waals surface area contributed by atoms with Crippen LogP contribution in [0.2, 0.25) is 0 Å². The van der Waals surface area contributed by atoms with Crippen LogP contribution in [0.5, 0.6) is 5.75 Å². The molecule has 0 spiro atoms. The molecule has 0 radical (unpaired) electrons. The van der Waals surface area contributed by atoms with E-state index in [1.165, 1.54) is 24.0 Å². The van der Waals surface area contributed by atoms with Crippen molar-refractivity contribution >= 4 is 11.7 Å². The third-order valence-electron chi connectivity index (χ3n) is 2.84. The molecular weight excluding hydrogens is 249 g/mol. The van der Waals surface area contributed by atoms with E-state index in [-0.39, 0.29) is 35.7 Å². The van der Waals surface area contributed by atoms with Crippen molar-refractivity contribution in [1.82, 2.24) is 4.90 Å². The van der Waals surface area contributed by atoms with Crippen molar-refractivity contribution in [1.29, 1.82) is 0 Å². The summed E-state index contributed by atoms with van der Waals surface area (Å²) in [6.07, 6.45) is 0. The third kappa shape index (κ3) is 4.05. The zero-order valence-electron chi connectivity index (χ0n) is 11.6. The highest BCUT2D eigenvalue weighted by Crippen LogP contribution is 2.20. The second-order valence-corrected chi connectivity index (χ2v) is 4.58. The minimum Gasteiger partial charge on any atom is -0.483 e. The molecule has 0 unspecified atom stereocenters. The summed E-state index contributed by atoms with van der Waals surface area (Å²) < 4.78 is 18.4. The Morgan fingerprint density at radius 2 is 2.00 bits per heavy atom. The first-order valence-corrected chi connectivity index (χ1v) is 6.02. The van der Waals surface area contributed by atoms with Crippen LogP contribution in [0.1, 0.15) is 31.1 Å². The van der Waals surface area contributed by atoms with Crippen molar-refractivity contribution in [2.75, 3.05) is 13.7 Å². The predicted octanol–water partition coefficient (Wildman–Crippen LogP) is 2.27. The molecule has 104 valence electrons. The van der Waals surface area contributed by atoms with Crippen LogP contribution in [0.25, 0.3) is 0 Å². The van der Waals surface area contributed by atoms with E-state index in [0.29, 0.717) is 0 Å². The second kappa shape index (κ2) is 6.31. The topological polar surface area (TPSA) is 46.6 Å². The van der Waals surface area contributed by atoms with E-state index in [0.717, 1.165) is 6.07 Å². The van der Waals surface area contributed by atoms with Crippen LogP contribution in [0.3, 0.4) is 0 Å². The minimum atomic E-state index is -0.510. The molecule has 5 heteroatoms. The van der Waals surface area contributed by atoms with Crippen LogP contribution in [0, 0.1) is 5.82 Å². The van der Waals surface area contributed by atoms with Crippen molar-refractivity contribution in [2.45, 2.75) is 26.8 Å². The standard InChI is InChI=1S/C14H18FNO3/c1-9(2)16(4)14(18)8-19-13-7-11(15)5-6-12(13)10(3)17/h5-7,9H,8H2,1-4H3. The number of hydrogen-bond donors (Lipinski definition) is 0. The lowest BCUT2D eigenvalue weighted by Gasteiger charge is -2.21. The lowest BCUT2D eigenvalue weighted by atomic mass is 10.1. The summed E-state index contributed by atoms with van der Waals surface area (Å²) in [5.74, 6) is -0.879. The van der Waals surface area contributed by atoms with Gasteiger partial charge in [-0.25, -0.2) is 4.39 Å². The Hall–Kier alpha value is -1.91. The molecule has 19 heavy (non-hydrogen) atoms. The molecule has 0 saturated heterocycles. The molecule has 0 aromatic heterocycles. The Bertz CT molecular complexity index is 486. The first-order valence-electron chi connectivity index (χ1n) is 6.02. The SMILES string of the molecule is CC(=O)c1ccc(F)cc1OCC(=O)N(C)C(C)C. The molecule has 0 aliphatic carbocycles. The van der Waals surface area contributed by atoms with E-state index < -0.39 is 5.82 Å². The fourth-order valence-electron chi connectivity index (χ4n) is 1.44. The maximum Gasteiger partial charge on any atom is 0.260 e. The van der Waals surface area contributed by atoms with Crippen LogP contribution in [-0.4, -0.2) is 36.3 Å². The summed E-state index contributed by atoms with van der Waals surface area (Å²) in [5.41, 5.74) is 0.265. The Morgan fingerprint density at radius 1 is 1.37 bits per heavy atom. The number of ketones is 1. The molecule has 0 fully saturated rings.